The predicted molar refractivity (Wildman–Crippen MR) is 89.3 cm³/mol. The van der Waals surface area contributed by atoms with E-state index in [1.165, 1.54) is 6.26 Å². The van der Waals surface area contributed by atoms with Crippen molar-refractivity contribution in [2.45, 2.75) is 6.92 Å². The van der Waals surface area contributed by atoms with Crippen molar-refractivity contribution in [3.8, 4) is 0 Å². The van der Waals surface area contributed by atoms with E-state index in [4.69, 9.17) is 8.83 Å². The summed E-state index contributed by atoms with van der Waals surface area (Å²) in [7, 11) is 0. The molecule has 4 rings (SSSR count). The van der Waals surface area contributed by atoms with E-state index in [-0.39, 0.29) is 11.8 Å². The Morgan fingerprint density at radius 1 is 1.04 bits per heavy atom. The van der Waals surface area contributed by atoms with Crippen LogP contribution in [0, 0.1) is 6.92 Å². The van der Waals surface area contributed by atoms with E-state index in [0.29, 0.717) is 49.0 Å². The molecule has 1 aliphatic heterocycles. The highest BCUT2D eigenvalue weighted by Gasteiger charge is 2.26. The van der Waals surface area contributed by atoms with Gasteiger partial charge in [-0.05, 0) is 30.3 Å². The van der Waals surface area contributed by atoms with Gasteiger partial charge < -0.3 is 18.6 Å². The topological polar surface area (TPSA) is 79.8 Å². The van der Waals surface area contributed by atoms with Gasteiger partial charge in [0.25, 0.3) is 11.8 Å². The second-order valence-corrected chi connectivity index (χ2v) is 5.98. The Balaban J connectivity index is 1.44. The van der Waals surface area contributed by atoms with Crippen molar-refractivity contribution in [1.29, 1.82) is 0 Å². The highest BCUT2D eigenvalue weighted by molar-refractivity contribution is 5.97. The van der Waals surface area contributed by atoms with E-state index >= 15 is 0 Å². The number of nitrogens with zero attached hydrogens (tertiary/aromatic N) is 3. The molecule has 0 atom stereocenters. The summed E-state index contributed by atoms with van der Waals surface area (Å²) in [4.78, 5) is 32.6. The first-order valence-corrected chi connectivity index (χ1v) is 8.11. The number of furan rings is 1. The lowest BCUT2D eigenvalue weighted by Crippen LogP contribution is -2.50. The molecule has 1 fully saturated rings. The summed E-state index contributed by atoms with van der Waals surface area (Å²) in [6, 6.07) is 8.60. The second kappa shape index (κ2) is 6.08. The molecule has 7 heteroatoms. The highest BCUT2D eigenvalue weighted by atomic mass is 16.3. The number of piperazine rings is 1. The quantitative estimate of drug-likeness (QED) is 0.716. The molecule has 3 aromatic rings. The van der Waals surface area contributed by atoms with Crippen LogP contribution < -0.4 is 0 Å². The Morgan fingerprint density at radius 3 is 2.44 bits per heavy atom. The van der Waals surface area contributed by atoms with Gasteiger partial charge in [0, 0.05) is 38.7 Å². The predicted octanol–water partition coefficient (Wildman–Crippen LogP) is 2.33. The fourth-order valence-electron chi connectivity index (χ4n) is 3.02. The van der Waals surface area contributed by atoms with Crippen LogP contribution in [0.5, 0.6) is 0 Å². The minimum absolute atomic E-state index is 0.0685. The van der Waals surface area contributed by atoms with E-state index in [1.54, 1.807) is 47.1 Å². The highest BCUT2D eigenvalue weighted by Crippen LogP contribution is 2.19. The van der Waals surface area contributed by atoms with Crippen LogP contribution in [-0.2, 0) is 0 Å². The lowest BCUT2D eigenvalue weighted by Gasteiger charge is -2.34. The fourth-order valence-corrected chi connectivity index (χ4v) is 3.02. The third-order valence-corrected chi connectivity index (χ3v) is 4.33. The molecule has 0 radical (unpaired) electrons. The number of oxazole rings is 1. The molecule has 0 bridgehead atoms. The summed E-state index contributed by atoms with van der Waals surface area (Å²) < 4.78 is 10.6. The summed E-state index contributed by atoms with van der Waals surface area (Å²) in [5.74, 6) is 0.687. The van der Waals surface area contributed by atoms with Gasteiger partial charge in [-0.3, -0.25) is 9.59 Å². The zero-order valence-corrected chi connectivity index (χ0v) is 13.8. The molecule has 1 aromatic carbocycles. The largest absolute Gasteiger partial charge is 0.459 e. The lowest BCUT2D eigenvalue weighted by atomic mass is 10.1. The van der Waals surface area contributed by atoms with Crippen molar-refractivity contribution in [3.63, 3.8) is 0 Å². The van der Waals surface area contributed by atoms with Crippen LogP contribution in [0.2, 0.25) is 0 Å². The number of amides is 2. The minimum atomic E-state index is -0.143. The average molecular weight is 339 g/mol. The van der Waals surface area contributed by atoms with Gasteiger partial charge in [0.15, 0.2) is 17.2 Å². The van der Waals surface area contributed by atoms with Gasteiger partial charge in [-0.1, -0.05) is 0 Å². The Hall–Kier alpha value is -3.09. The van der Waals surface area contributed by atoms with E-state index in [2.05, 4.69) is 4.98 Å². The van der Waals surface area contributed by atoms with E-state index < -0.39 is 0 Å². The molecule has 0 unspecified atom stereocenters. The van der Waals surface area contributed by atoms with E-state index in [9.17, 15) is 9.59 Å². The van der Waals surface area contributed by atoms with Crippen LogP contribution in [0.1, 0.15) is 26.8 Å². The third kappa shape index (κ3) is 2.88. The van der Waals surface area contributed by atoms with Gasteiger partial charge in [0.2, 0.25) is 0 Å². The first kappa shape index (κ1) is 15.4. The van der Waals surface area contributed by atoms with Gasteiger partial charge in [0.05, 0.1) is 6.26 Å². The molecule has 2 amide bonds. The molecule has 0 N–H and O–H groups in total. The maximum Gasteiger partial charge on any atom is 0.289 e. The number of fused-ring (bicyclic) bond motifs is 1. The van der Waals surface area contributed by atoms with Crippen molar-refractivity contribution < 1.29 is 18.4 Å². The molecule has 0 aliphatic carbocycles. The van der Waals surface area contributed by atoms with Gasteiger partial charge in [-0.25, -0.2) is 4.98 Å². The average Bonchev–Trinajstić information content (AvgIpc) is 3.28. The number of aryl methyl sites for hydroxylation is 1. The van der Waals surface area contributed by atoms with Crippen LogP contribution in [0.25, 0.3) is 11.1 Å². The Kier molecular flexibility index (Phi) is 3.76. The summed E-state index contributed by atoms with van der Waals surface area (Å²) in [6.07, 6.45) is 1.48. The molecule has 25 heavy (non-hydrogen) atoms. The number of hydrogen-bond donors (Lipinski definition) is 0. The second-order valence-electron chi connectivity index (χ2n) is 5.98. The summed E-state index contributed by atoms with van der Waals surface area (Å²) in [5.41, 5.74) is 1.91. The smallest absolute Gasteiger partial charge is 0.289 e. The molecule has 1 aliphatic rings. The fraction of sp³-hybridized carbons (Fsp3) is 0.278. The van der Waals surface area contributed by atoms with Crippen molar-refractivity contribution in [2.24, 2.45) is 0 Å². The summed E-state index contributed by atoms with van der Waals surface area (Å²) >= 11 is 0. The zero-order valence-electron chi connectivity index (χ0n) is 13.8. The Bertz CT molecular complexity index is 921. The molecular formula is C18H17N3O4. The van der Waals surface area contributed by atoms with Crippen molar-refractivity contribution in [2.75, 3.05) is 26.2 Å². The number of benzene rings is 1. The van der Waals surface area contributed by atoms with Crippen LogP contribution in [0.3, 0.4) is 0 Å². The molecule has 0 spiro atoms. The maximum absolute atomic E-state index is 12.7. The Morgan fingerprint density at radius 2 is 1.76 bits per heavy atom. The molecule has 128 valence electrons. The van der Waals surface area contributed by atoms with Crippen LogP contribution in [-0.4, -0.2) is 52.8 Å². The van der Waals surface area contributed by atoms with Crippen molar-refractivity contribution in [3.05, 3.63) is 53.8 Å². The number of hydrogen-bond acceptors (Lipinski definition) is 5. The molecule has 7 nitrogen and oxygen atoms in total. The molecule has 3 heterocycles. The van der Waals surface area contributed by atoms with E-state index in [1.807, 2.05) is 0 Å². The molecular weight excluding hydrogens is 322 g/mol. The van der Waals surface area contributed by atoms with Crippen LogP contribution in [0.4, 0.5) is 0 Å². The summed E-state index contributed by atoms with van der Waals surface area (Å²) in [5, 5.41) is 0. The SMILES string of the molecule is Cc1nc2ccc(C(=O)N3CCN(C(=O)c4ccco4)CC3)cc2o1. The molecule has 1 saturated heterocycles. The zero-order chi connectivity index (χ0) is 17.4. The van der Waals surface area contributed by atoms with Gasteiger partial charge in [-0.2, -0.15) is 0 Å². The van der Waals surface area contributed by atoms with E-state index in [0.717, 1.165) is 5.52 Å². The maximum atomic E-state index is 12.7. The van der Waals surface area contributed by atoms with Gasteiger partial charge in [0.1, 0.15) is 5.52 Å². The van der Waals surface area contributed by atoms with Crippen LogP contribution >= 0.6 is 0 Å². The van der Waals surface area contributed by atoms with Crippen LogP contribution in [0.15, 0.2) is 45.4 Å². The lowest BCUT2D eigenvalue weighted by molar-refractivity contribution is 0.0518. The monoisotopic (exact) mass is 339 g/mol. The first-order chi connectivity index (χ1) is 12.1. The van der Waals surface area contributed by atoms with Gasteiger partial charge >= 0.3 is 0 Å². The summed E-state index contributed by atoms with van der Waals surface area (Å²) in [6.45, 7) is 3.71. The number of aromatic nitrogens is 1. The first-order valence-electron chi connectivity index (χ1n) is 8.11. The molecule has 0 saturated carbocycles. The number of rotatable bonds is 2. The third-order valence-electron chi connectivity index (χ3n) is 4.33. The normalized spacial score (nSPS) is 14.9. The van der Waals surface area contributed by atoms with Crippen molar-refractivity contribution in [1.82, 2.24) is 14.8 Å². The minimum Gasteiger partial charge on any atom is -0.459 e. The Labute approximate surface area is 143 Å². The molecule has 2 aromatic heterocycles. The number of carbonyl (C=O) groups excluding carboxylic acids is 2. The number of carbonyl (C=O) groups is 2. The standard InChI is InChI=1S/C18H17N3O4/c1-12-19-14-5-4-13(11-16(14)25-12)17(22)20-6-8-21(9-7-20)18(23)15-3-2-10-24-15/h2-5,10-11H,6-9H2,1H3. The van der Waals surface area contributed by atoms with Crippen molar-refractivity contribution >= 4 is 22.9 Å². The van der Waals surface area contributed by atoms with Gasteiger partial charge in [-0.15, -0.1) is 0 Å².